The van der Waals surface area contributed by atoms with Crippen LogP contribution < -0.4 is 10.7 Å². The van der Waals surface area contributed by atoms with E-state index in [4.69, 9.17) is 23.2 Å². The number of fused-ring (bicyclic) bond motifs is 1. The van der Waals surface area contributed by atoms with Crippen LogP contribution in [-0.4, -0.2) is 11.0 Å². The van der Waals surface area contributed by atoms with E-state index < -0.39 is 4.46 Å². The Bertz CT molecular complexity index is 492. The Morgan fingerprint density at radius 3 is 2.36 bits per heavy atom. The molecule has 0 saturated carbocycles. The van der Waals surface area contributed by atoms with Crippen molar-refractivity contribution < 1.29 is 0 Å². The van der Waals surface area contributed by atoms with Crippen LogP contribution in [0.3, 0.4) is 0 Å². The molecular formula is C10H10Cl2N2. The number of benzene rings is 1. The summed E-state index contributed by atoms with van der Waals surface area (Å²) in [4.78, 5) is 8.51. The molecule has 0 unspecified atom stereocenters. The van der Waals surface area contributed by atoms with Crippen molar-refractivity contribution in [1.82, 2.24) is 0 Å². The highest BCUT2D eigenvalue weighted by atomic mass is 35.5. The molecule has 0 aromatic heterocycles. The highest BCUT2D eigenvalue weighted by Gasteiger charge is 2.23. The number of rotatable bonds is 0. The van der Waals surface area contributed by atoms with Gasteiger partial charge in [0.15, 0.2) is 0 Å². The van der Waals surface area contributed by atoms with Crippen molar-refractivity contribution in [2.45, 2.75) is 18.3 Å². The Balaban J connectivity index is 2.75. The maximum Gasteiger partial charge on any atom is 0.227 e. The molecule has 0 amide bonds. The largest absolute Gasteiger partial charge is 0.278 e. The zero-order valence-corrected chi connectivity index (χ0v) is 9.52. The number of alkyl halides is 2. The first-order chi connectivity index (χ1) is 6.48. The lowest BCUT2D eigenvalue weighted by molar-refractivity contribution is 0.748. The summed E-state index contributed by atoms with van der Waals surface area (Å²) in [7, 11) is 0. The Morgan fingerprint density at radius 2 is 1.71 bits per heavy atom. The molecule has 0 atom stereocenters. The zero-order valence-electron chi connectivity index (χ0n) is 8.01. The molecule has 2 nitrogen and oxygen atoms in total. The average molecular weight is 229 g/mol. The molecule has 0 N–H and O–H groups in total. The van der Waals surface area contributed by atoms with Crippen LogP contribution in [0.5, 0.6) is 0 Å². The molecule has 0 fully saturated rings. The van der Waals surface area contributed by atoms with E-state index in [9.17, 15) is 0 Å². The van der Waals surface area contributed by atoms with E-state index in [0.717, 1.165) is 10.7 Å². The maximum atomic E-state index is 5.90. The lowest BCUT2D eigenvalue weighted by atomic mass is 10.1. The molecule has 14 heavy (non-hydrogen) atoms. The molecule has 74 valence electrons. The van der Waals surface area contributed by atoms with Gasteiger partial charge >= 0.3 is 0 Å². The monoisotopic (exact) mass is 228 g/mol. The van der Waals surface area contributed by atoms with Gasteiger partial charge in [-0.3, -0.25) is 4.99 Å². The van der Waals surface area contributed by atoms with Gasteiger partial charge in [0.1, 0.15) is 0 Å². The third-order valence-corrected chi connectivity index (χ3v) is 2.72. The van der Waals surface area contributed by atoms with Gasteiger partial charge in [0.05, 0.1) is 17.3 Å². The molecule has 1 heterocycles. The molecule has 0 spiro atoms. The summed E-state index contributed by atoms with van der Waals surface area (Å²) in [6.07, 6.45) is 0. The topological polar surface area (TPSA) is 24.7 Å². The first-order valence-electron chi connectivity index (χ1n) is 4.37. The summed E-state index contributed by atoms with van der Waals surface area (Å²) in [6, 6.07) is 3.98. The van der Waals surface area contributed by atoms with Crippen molar-refractivity contribution in [2.75, 3.05) is 6.54 Å². The second-order valence-corrected chi connectivity index (χ2v) is 4.96. The first-order valence-corrected chi connectivity index (χ1v) is 5.13. The van der Waals surface area contributed by atoms with E-state index in [1.54, 1.807) is 0 Å². The van der Waals surface area contributed by atoms with Gasteiger partial charge in [-0.15, -0.1) is 0 Å². The Morgan fingerprint density at radius 1 is 1.14 bits per heavy atom. The molecule has 2 rings (SSSR count). The second-order valence-electron chi connectivity index (χ2n) is 3.52. The van der Waals surface area contributed by atoms with Crippen molar-refractivity contribution in [1.29, 1.82) is 0 Å². The fourth-order valence-electron chi connectivity index (χ4n) is 1.39. The third kappa shape index (κ3) is 1.77. The SMILES string of the molecule is Cc1cc2c(cc1C)=NC(Cl)(Cl)CN=2. The van der Waals surface area contributed by atoms with Crippen LogP contribution in [0.25, 0.3) is 0 Å². The summed E-state index contributed by atoms with van der Waals surface area (Å²) < 4.78 is -1.09. The van der Waals surface area contributed by atoms with Gasteiger partial charge in [-0.1, -0.05) is 23.2 Å². The van der Waals surface area contributed by atoms with E-state index in [2.05, 4.69) is 9.98 Å². The number of halogens is 2. The van der Waals surface area contributed by atoms with Crippen molar-refractivity contribution in [3.05, 3.63) is 34.0 Å². The highest BCUT2D eigenvalue weighted by molar-refractivity contribution is 6.48. The van der Waals surface area contributed by atoms with E-state index in [1.165, 1.54) is 11.1 Å². The van der Waals surface area contributed by atoms with Crippen LogP contribution in [0.15, 0.2) is 22.1 Å². The lowest BCUT2D eigenvalue weighted by Crippen LogP contribution is -2.36. The molecule has 1 aliphatic heterocycles. The predicted octanol–water partition coefficient (Wildman–Crippen LogP) is 1.69. The Labute approximate surface area is 92.3 Å². The number of hydrogen-bond donors (Lipinski definition) is 0. The molecule has 0 radical (unpaired) electrons. The standard InChI is InChI=1S/C10H10Cl2N2/c1-6-3-8-9(4-7(6)2)14-10(11,12)5-13-8/h3-4H,5H2,1-2H3. The van der Waals surface area contributed by atoms with Crippen molar-refractivity contribution in [3.8, 4) is 0 Å². The summed E-state index contributed by atoms with van der Waals surface area (Å²) >= 11 is 11.8. The van der Waals surface area contributed by atoms with Crippen LogP contribution in [0.2, 0.25) is 0 Å². The van der Waals surface area contributed by atoms with Crippen LogP contribution in [-0.2, 0) is 0 Å². The lowest BCUT2D eigenvalue weighted by Gasteiger charge is -2.15. The van der Waals surface area contributed by atoms with Gasteiger partial charge in [-0.2, -0.15) is 0 Å². The fourth-order valence-corrected chi connectivity index (χ4v) is 1.70. The normalized spacial score (nSPS) is 18.0. The van der Waals surface area contributed by atoms with E-state index in [0.29, 0.717) is 6.54 Å². The Hall–Kier alpha value is -0.600. The number of nitrogens with zero attached hydrogens (tertiary/aromatic N) is 2. The van der Waals surface area contributed by atoms with E-state index >= 15 is 0 Å². The quantitative estimate of drug-likeness (QED) is 0.477. The Kier molecular flexibility index (Phi) is 2.28. The van der Waals surface area contributed by atoms with Gasteiger partial charge in [0, 0.05) is 0 Å². The molecule has 0 bridgehead atoms. The van der Waals surface area contributed by atoms with E-state index in [-0.39, 0.29) is 0 Å². The summed E-state index contributed by atoms with van der Waals surface area (Å²) in [5.41, 5.74) is 2.38. The molecule has 1 aromatic rings. The molecule has 1 aliphatic rings. The molecule has 0 aliphatic carbocycles. The summed E-state index contributed by atoms with van der Waals surface area (Å²) in [5.74, 6) is 0. The number of hydrogen-bond acceptors (Lipinski definition) is 2. The van der Waals surface area contributed by atoms with Crippen molar-refractivity contribution in [3.63, 3.8) is 0 Å². The van der Waals surface area contributed by atoms with Crippen LogP contribution in [0.4, 0.5) is 0 Å². The second kappa shape index (κ2) is 3.21. The molecular weight excluding hydrogens is 219 g/mol. The van der Waals surface area contributed by atoms with Gasteiger partial charge in [0.25, 0.3) is 0 Å². The van der Waals surface area contributed by atoms with Gasteiger partial charge in [-0.05, 0) is 37.1 Å². The first kappa shape index (κ1) is 9.94. The number of aryl methyl sites for hydroxylation is 2. The summed E-state index contributed by atoms with van der Waals surface area (Å²) in [5, 5.41) is 1.66. The molecule has 0 saturated heterocycles. The van der Waals surface area contributed by atoms with E-state index in [1.807, 2.05) is 26.0 Å². The smallest absolute Gasteiger partial charge is 0.227 e. The zero-order chi connectivity index (χ0) is 10.3. The van der Waals surface area contributed by atoms with Crippen molar-refractivity contribution >= 4 is 23.2 Å². The van der Waals surface area contributed by atoms with Crippen LogP contribution in [0, 0.1) is 13.8 Å². The summed E-state index contributed by atoms with van der Waals surface area (Å²) in [6.45, 7) is 4.41. The van der Waals surface area contributed by atoms with Crippen LogP contribution >= 0.6 is 23.2 Å². The highest BCUT2D eigenvalue weighted by Crippen LogP contribution is 2.22. The van der Waals surface area contributed by atoms with Gasteiger partial charge < -0.3 is 0 Å². The molecule has 1 aromatic carbocycles. The fraction of sp³-hybridized carbons (Fsp3) is 0.400. The minimum absolute atomic E-state index is 0.325. The van der Waals surface area contributed by atoms with Crippen LogP contribution in [0.1, 0.15) is 11.1 Å². The minimum atomic E-state index is -1.09. The molecule has 4 heteroatoms. The minimum Gasteiger partial charge on any atom is -0.278 e. The van der Waals surface area contributed by atoms with Gasteiger partial charge in [-0.25, -0.2) is 4.99 Å². The third-order valence-electron chi connectivity index (χ3n) is 2.31. The predicted molar refractivity (Wildman–Crippen MR) is 57.5 cm³/mol. The van der Waals surface area contributed by atoms with Gasteiger partial charge in [0.2, 0.25) is 4.46 Å². The maximum absolute atomic E-state index is 5.90. The average Bonchev–Trinajstić information content (AvgIpc) is 2.07. The van der Waals surface area contributed by atoms with Crippen molar-refractivity contribution in [2.24, 2.45) is 9.98 Å².